The van der Waals surface area contributed by atoms with Gasteiger partial charge in [0.15, 0.2) is 9.84 Å². The normalized spacial score (nSPS) is 21.7. The van der Waals surface area contributed by atoms with E-state index in [0.29, 0.717) is 0 Å². The van der Waals surface area contributed by atoms with Crippen molar-refractivity contribution in [1.82, 2.24) is 0 Å². The Hall–Kier alpha value is -2.10. The number of hydrogen-bond donors (Lipinski definition) is 1. The maximum absolute atomic E-state index is 13.4. The molecular formula is C18H21NO6S2. The molecule has 1 aliphatic heterocycles. The molecule has 2 atom stereocenters. The van der Waals surface area contributed by atoms with Gasteiger partial charge in [-0.15, -0.1) is 0 Å². The quantitative estimate of drug-likeness (QED) is 0.797. The first-order valence-corrected chi connectivity index (χ1v) is 11.5. The number of aliphatic hydroxyl groups excluding tert-OH is 1. The van der Waals surface area contributed by atoms with Crippen LogP contribution in [0, 0.1) is 6.92 Å². The average Bonchev–Trinajstić information content (AvgIpc) is 2.88. The Bertz CT molecular complexity index is 1030. The van der Waals surface area contributed by atoms with Crippen molar-refractivity contribution >= 4 is 25.5 Å². The van der Waals surface area contributed by atoms with E-state index < -0.39 is 43.5 Å². The van der Waals surface area contributed by atoms with E-state index in [1.54, 1.807) is 30.3 Å². The molecule has 0 saturated carbocycles. The monoisotopic (exact) mass is 411 g/mol. The van der Waals surface area contributed by atoms with Crippen molar-refractivity contribution < 1.29 is 26.7 Å². The second kappa shape index (κ2) is 7.14. The number of aliphatic hydroxyl groups is 1. The largest absolute Gasteiger partial charge is 0.495 e. The van der Waals surface area contributed by atoms with Crippen molar-refractivity contribution in [2.75, 3.05) is 22.9 Å². The van der Waals surface area contributed by atoms with Crippen LogP contribution >= 0.6 is 0 Å². The molecule has 0 spiro atoms. The van der Waals surface area contributed by atoms with Crippen molar-refractivity contribution in [3.8, 4) is 5.75 Å². The summed E-state index contributed by atoms with van der Waals surface area (Å²) in [6.07, 6.45) is -1.33. The van der Waals surface area contributed by atoms with Crippen LogP contribution in [-0.4, -0.2) is 52.7 Å². The standard InChI is InChI=1S/C18H21NO6S2/c1-13-7-9-14(10-8-13)27(23,24)19(15-5-3-4-6-18(15)25-2)16-11-26(21,22)12-17(16)20/h3-10,16-17,20H,11-12H2,1-2H3. The number of rotatable bonds is 5. The molecule has 27 heavy (non-hydrogen) atoms. The molecule has 2 aromatic rings. The van der Waals surface area contributed by atoms with Gasteiger partial charge in [-0.05, 0) is 31.2 Å². The number of sulfonamides is 1. The summed E-state index contributed by atoms with van der Waals surface area (Å²) in [6.45, 7) is 1.84. The molecule has 0 aromatic heterocycles. The summed E-state index contributed by atoms with van der Waals surface area (Å²) in [5, 5.41) is 10.3. The van der Waals surface area contributed by atoms with Crippen LogP contribution in [0.15, 0.2) is 53.4 Å². The Morgan fingerprint density at radius 3 is 2.26 bits per heavy atom. The summed E-state index contributed by atoms with van der Waals surface area (Å²) >= 11 is 0. The predicted molar refractivity (Wildman–Crippen MR) is 102 cm³/mol. The highest BCUT2D eigenvalue weighted by atomic mass is 32.2. The molecule has 0 aliphatic carbocycles. The van der Waals surface area contributed by atoms with Crippen LogP contribution < -0.4 is 9.04 Å². The summed E-state index contributed by atoms with van der Waals surface area (Å²) in [6, 6.07) is 11.5. The number of hydrogen-bond acceptors (Lipinski definition) is 6. The minimum Gasteiger partial charge on any atom is -0.495 e. The zero-order valence-corrected chi connectivity index (χ0v) is 16.6. The molecule has 0 radical (unpaired) electrons. The number of benzene rings is 2. The lowest BCUT2D eigenvalue weighted by molar-refractivity contribution is 0.184. The molecule has 3 rings (SSSR count). The fraction of sp³-hybridized carbons (Fsp3) is 0.333. The molecule has 1 fully saturated rings. The first kappa shape index (κ1) is 19.7. The molecule has 1 aliphatic rings. The van der Waals surface area contributed by atoms with Gasteiger partial charge in [-0.1, -0.05) is 29.8 Å². The average molecular weight is 412 g/mol. The van der Waals surface area contributed by atoms with Crippen LogP contribution in [-0.2, 0) is 19.9 Å². The van der Waals surface area contributed by atoms with Crippen LogP contribution in [0.5, 0.6) is 5.75 Å². The van der Waals surface area contributed by atoms with Gasteiger partial charge in [-0.2, -0.15) is 0 Å². The Morgan fingerprint density at radius 2 is 1.70 bits per heavy atom. The van der Waals surface area contributed by atoms with E-state index in [0.717, 1.165) is 9.87 Å². The highest BCUT2D eigenvalue weighted by molar-refractivity contribution is 7.93. The van der Waals surface area contributed by atoms with Gasteiger partial charge in [-0.3, -0.25) is 4.31 Å². The van der Waals surface area contributed by atoms with E-state index in [1.165, 1.54) is 25.3 Å². The highest BCUT2D eigenvalue weighted by Gasteiger charge is 2.45. The number of para-hydroxylation sites is 2. The maximum Gasteiger partial charge on any atom is 0.264 e. The molecule has 0 bridgehead atoms. The first-order chi connectivity index (χ1) is 12.7. The van der Waals surface area contributed by atoms with Gasteiger partial charge in [0.25, 0.3) is 10.0 Å². The lowest BCUT2D eigenvalue weighted by atomic mass is 10.2. The number of anilines is 1. The smallest absolute Gasteiger partial charge is 0.264 e. The second-order valence-corrected chi connectivity index (χ2v) is 10.5. The molecule has 1 N–H and O–H groups in total. The van der Waals surface area contributed by atoms with Gasteiger partial charge < -0.3 is 9.84 Å². The van der Waals surface area contributed by atoms with E-state index in [9.17, 15) is 21.9 Å². The van der Waals surface area contributed by atoms with Crippen LogP contribution in [0.2, 0.25) is 0 Å². The zero-order chi connectivity index (χ0) is 19.8. The van der Waals surface area contributed by atoms with Crippen molar-refractivity contribution in [3.63, 3.8) is 0 Å². The predicted octanol–water partition coefficient (Wildman–Crippen LogP) is 1.36. The number of nitrogens with zero attached hydrogens (tertiary/aromatic N) is 1. The molecular weight excluding hydrogens is 390 g/mol. The Kier molecular flexibility index (Phi) is 5.20. The van der Waals surface area contributed by atoms with Gasteiger partial charge in [0.05, 0.1) is 41.3 Å². The highest BCUT2D eigenvalue weighted by Crippen LogP contribution is 2.36. The Morgan fingerprint density at radius 1 is 1.07 bits per heavy atom. The third-order valence-electron chi connectivity index (χ3n) is 4.50. The lowest BCUT2D eigenvalue weighted by Gasteiger charge is -2.32. The van der Waals surface area contributed by atoms with E-state index in [1.807, 2.05) is 6.92 Å². The summed E-state index contributed by atoms with van der Waals surface area (Å²) in [4.78, 5) is 0.00973. The summed E-state index contributed by atoms with van der Waals surface area (Å²) in [7, 11) is -6.30. The van der Waals surface area contributed by atoms with E-state index in [4.69, 9.17) is 4.74 Å². The fourth-order valence-corrected chi connectivity index (χ4v) is 6.71. The third-order valence-corrected chi connectivity index (χ3v) is 8.05. The maximum atomic E-state index is 13.4. The van der Waals surface area contributed by atoms with Gasteiger partial charge in [0.2, 0.25) is 0 Å². The molecule has 7 nitrogen and oxygen atoms in total. The lowest BCUT2D eigenvalue weighted by Crippen LogP contribution is -2.47. The van der Waals surface area contributed by atoms with Crippen LogP contribution in [0.3, 0.4) is 0 Å². The summed E-state index contributed by atoms with van der Waals surface area (Å²) in [5.41, 5.74) is 1.07. The van der Waals surface area contributed by atoms with Crippen molar-refractivity contribution in [2.24, 2.45) is 0 Å². The van der Waals surface area contributed by atoms with Gasteiger partial charge in [-0.25, -0.2) is 16.8 Å². The minimum absolute atomic E-state index is 0.00973. The SMILES string of the molecule is COc1ccccc1N(C1CS(=O)(=O)CC1O)S(=O)(=O)c1ccc(C)cc1. The number of sulfone groups is 1. The second-order valence-electron chi connectivity index (χ2n) is 6.50. The fourth-order valence-electron chi connectivity index (χ4n) is 3.16. The van der Waals surface area contributed by atoms with Gasteiger partial charge >= 0.3 is 0 Å². The molecule has 1 saturated heterocycles. The Labute approximate surface area is 159 Å². The van der Waals surface area contributed by atoms with Crippen LogP contribution in [0.25, 0.3) is 0 Å². The summed E-state index contributed by atoms with van der Waals surface area (Å²) < 4.78 is 57.2. The number of ether oxygens (including phenoxy) is 1. The minimum atomic E-state index is -4.14. The third kappa shape index (κ3) is 3.80. The van der Waals surface area contributed by atoms with Gasteiger partial charge in [0, 0.05) is 0 Å². The molecule has 2 aromatic carbocycles. The van der Waals surface area contributed by atoms with Crippen LogP contribution in [0.1, 0.15) is 5.56 Å². The van der Waals surface area contributed by atoms with E-state index in [-0.39, 0.29) is 16.3 Å². The van der Waals surface area contributed by atoms with E-state index in [2.05, 4.69) is 0 Å². The summed E-state index contributed by atoms with van der Waals surface area (Å²) in [5.74, 6) is -0.672. The molecule has 0 amide bonds. The van der Waals surface area contributed by atoms with Gasteiger partial charge in [0.1, 0.15) is 5.75 Å². The van der Waals surface area contributed by atoms with Crippen molar-refractivity contribution in [2.45, 2.75) is 24.0 Å². The van der Waals surface area contributed by atoms with Crippen molar-refractivity contribution in [1.29, 1.82) is 0 Å². The first-order valence-electron chi connectivity index (χ1n) is 8.28. The zero-order valence-electron chi connectivity index (χ0n) is 14.9. The number of aryl methyl sites for hydroxylation is 1. The molecule has 9 heteroatoms. The molecule has 2 unspecified atom stereocenters. The number of methoxy groups -OCH3 is 1. The van der Waals surface area contributed by atoms with Crippen LogP contribution in [0.4, 0.5) is 5.69 Å². The molecule has 146 valence electrons. The molecule has 1 heterocycles. The Balaban J connectivity index is 2.20. The van der Waals surface area contributed by atoms with E-state index >= 15 is 0 Å². The topological polar surface area (TPSA) is 101 Å². The van der Waals surface area contributed by atoms with Crippen molar-refractivity contribution in [3.05, 3.63) is 54.1 Å².